The lowest BCUT2D eigenvalue weighted by atomic mass is 9.99. The summed E-state index contributed by atoms with van der Waals surface area (Å²) in [5.74, 6) is 0.0797. The zero-order valence-electron chi connectivity index (χ0n) is 12.1. The molecule has 2 heterocycles. The van der Waals surface area contributed by atoms with Crippen molar-refractivity contribution in [1.82, 2.24) is 4.90 Å². The predicted molar refractivity (Wildman–Crippen MR) is 77.5 cm³/mol. The summed E-state index contributed by atoms with van der Waals surface area (Å²) in [6, 6.07) is 3.93. The van der Waals surface area contributed by atoms with E-state index in [-0.39, 0.29) is 35.6 Å². The zero-order chi connectivity index (χ0) is 15.6. The van der Waals surface area contributed by atoms with Crippen molar-refractivity contribution in [3.63, 3.8) is 0 Å². The van der Waals surface area contributed by atoms with Crippen LogP contribution in [-0.4, -0.2) is 33.8 Å². The average molecular weight is 301 g/mol. The first-order valence-electron chi connectivity index (χ1n) is 7.40. The Hall–Kier alpha value is -2.44. The highest BCUT2D eigenvalue weighted by Crippen LogP contribution is 2.47. The van der Waals surface area contributed by atoms with Gasteiger partial charge in [0.1, 0.15) is 6.04 Å². The first kappa shape index (κ1) is 13.2. The molecule has 0 aromatic heterocycles. The van der Waals surface area contributed by atoms with E-state index in [1.807, 2.05) is 0 Å². The number of rotatable bonds is 2. The Morgan fingerprint density at radius 3 is 2.68 bits per heavy atom. The molecule has 0 spiro atoms. The zero-order valence-corrected chi connectivity index (χ0v) is 12.1. The summed E-state index contributed by atoms with van der Waals surface area (Å²) in [7, 11) is 0. The first-order valence-corrected chi connectivity index (χ1v) is 7.40. The number of piperidine rings is 1. The average Bonchev–Trinajstić information content (AvgIpc) is 3.12. The van der Waals surface area contributed by atoms with E-state index in [1.54, 1.807) is 11.8 Å². The monoisotopic (exact) mass is 301 g/mol. The van der Waals surface area contributed by atoms with Crippen LogP contribution in [0.1, 0.15) is 24.8 Å². The Morgan fingerprint density at radius 2 is 2.05 bits per heavy atom. The van der Waals surface area contributed by atoms with Gasteiger partial charge in [-0.1, -0.05) is 0 Å². The third-order valence-corrected chi connectivity index (χ3v) is 5.11. The fourth-order valence-electron chi connectivity index (χ4n) is 4.14. The maximum absolute atomic E-state index is 12.6. The topological polar surface area (TPSA) is 83.8 Å². The fourth-order valence-corrected chi connectivity index (χ4v) is 4.14. The van der Waals surface area contributed by atoms with Crippen molar-refractivity contribution in [2.24, 2.45) is 5.92 Å². The molecule has 0 N–H and O–H groups in total. The van der Waals surface area contributed by atoms with E-state index >= 15 is 0 Å². The number of urea groups is 1. The quantitative estimate of drug-likeness (QED) is 0.476. The summed E-state index contributed by atoms with van der Waals surface area (Å²) in [4.78, 5) is 38.6. The molecule has 3 amide bonds. The molecular weight excluding hydrogens is 286 g/mol. The number of carbonyl (C=O) groups excluding carboxylic acids is 2. The van der Waals surface area contributed by atoms with Gasteiger partial charge in [-0.25, -0.2) is 9.69 Å². The minimum atomic E-state index is -0.467. The van der Waals surface area contributed by atoms with Crippen LogP contribution in [0.3, 0.4) is 0 Å². The number of imide groups is 1. The van der Waals surface area contributed by atoms with Crippen LogP contribution in [0.2, 0.25) is 0 Å². The Labute approximate surface area is 126 Å². The summed E-state index contributed by atoms with van der Waals surface area (Å²) >= 11 is 0. The molecule has 3 aliphatic rings. The van der Waals surface area contributed by atoms with Gasteiger partial charge in [-0.2, -0.15) is 0 Å². The van der Waals surface area contributed by atoms with Gasteiger partial charge in [0, 0.05) is 17.7 Å². The molecule has 0 radical (unpaired) electrons. The van der Waals surface area contributed by atoms with Crippen LogP contribution in [0.4, 0.5) is 16.2 Å². The number of anilines is 1. The number of fused-ring (bicyclic) bond motifs is 5. The second kappa shape index (κ2) is 4.28. The first-order chi connectivity index (χ1) is 10.5. The molecule has 1 aliphatic carbocycles. The Bertz CT molecular complexity index is 689. The van der Waals surface area contributed by atoms with E-state index in [0.29, 0.717) is 11.3 Å². The molecule has 1 saturated carbocycles. The van der Waals surface area contributed by atoms with Crippen molar-refractivity contribution < 1.29 is 14.5 Å². The molecule has 114 valence electrons. The number of hydrogen-bond donors (Lipinski definition) is 0. The molecule has 7 heteroatoms. The molecule has 4 rings (SSSR count). The highest BCUT2D eigenvalue weighted by atomic mass is 16.6. The Balaban J connectivity index is 1.72. The van der Waals surface area contributed by atoms with E-state index in [9.17, 15) is 19.7 Å². The van der Waals surface area contributed by atoms with E-state index in [2.05, 4.69) is 0 Å². The van der Waals surface area contributed by atoms with Crippen LogP contribution >= 0.6 is 0 Å². The molecule has 22 heavy (non-hydrogen) atoms. The molecule has 2 bridgehead atoms. The molecule has 7 nitrogen and oxygen atoms in total. The van der Waals surface area contributed by atoms with Crippen LogP contribution in [-0.2, 0) is 4.79 Å². The molecule has 3 fully saturated rings. The summed E-state index contributed by atoms with van der Waals surface area (Å²) in [6.07, 6.45) is 2.89. The number of amides is 3. The maximum atomic E-state index is 12.6. The SMILES string of the molecule is Cc1cc(N2C(=O)C3C4CC[C@@H](C4)N3C2=O)ccc1[N+](=O)[O-]. The molecular formula is C15H15N3O4. The number of nitro groups is 1. The number of benzene rings is 1. The van der Waals surface area contributed by atoms with Gasteiger partial charge in [0.25, 0.3) is 11.6 Å². The highest BCUT2D eigenvalue weighted by molar-refractivity contribution is 6.22. The second-order valence-electron chi connectivity index (χ2n) is 6.26. The molecule has 2 aliphatic heterocycles. The largest absolute Gasteiger partial charge is 0.332 e. The van der Waals surface area contributed by atoms with Crippen LogP contribution in [0, 0.1) is 23.0 Å². The minimum Gasteiger partial charge on any atom is -0.309 e. The van der Waals surface area contributed by atoms with Crippen LogP contribution in [0.15, 0.2) is 18.2 Å². The van der Waals surface area contributed by atoms with Gasteiger partial charge >= 0.3 is 6.03 Å². The molecule has 2 unspecified atom stereocenters. The highest BCUT2D eigenvalue weighted by Gasteiger charge is 2.59. The number of aryl methyl sites for hydroxylation is 1. The number of nitrogens with zero attached hydrogens (tertiary/aromatic N) is 3. The van der Waals surface area contributed by atoms with Crippen molar-refractivity contribution in [3.05, 3.63) is 33.9 Å². The smallest absolute Gasteiger partial charge is 0.309 e. The Morgan fingerprint density at radius 1 is 1.27 bits per heavy atom. The fraction of sp³-hybridized carbons (Fsp3) is 0.467. The number of nitro benzene ring substituents is 1. The maximum Gasteiger partial charge on any atom is 0.332 e. The standard InChI is InChI=1S/C15H15N3O4/c1-8-6-10(4-5-12(8)18(21)22)17-14(19)13-9-2-3-11(7-9)16(13)15(17)20/h4-6,9,11,13H,2-3,7H2,1H3/t9?,11-,13?/m0/s1. The molecule has 1 aromatic rings. The third kappa shape index (κ3) is 1.56. The lowest BCUT2D eigenvalue weighted by Crippen LogP contribution is -2.40. The van der Waals surface area contributed by atoms with Crippen LogP contribution < -0.4 is 4.90 Å². The van der Waals surface area contributed by atoms with E-state index < -0.39 is 4.92 Å². The van der Waals surface area contributed by atoms with E-state index in [0.717, 1.165) is 19.3 Å². The van der Waals surface area contributed by atoms with Crippen molar-refractivity contribution in [2.75, 3.05) is 4.90 Å². The van der Waals surface area contributed by atoms with Gasteiger partial charge in [0.2, 0.25) is 0 Å². The molecule has 3 atom stereocenters. The van der Waals surface area contributed by atoms with Gasteiger partial charge in [-0.15, -0.1) is 0 Å². The van der Waals surface area contributed by atoms with Crippen molar-refractivity contribution in [2.45, 2.75) is 38.3 Å². The Kier molecular flexibility index (Phi) is 2.58. The lowest BCUT2D eigenvalue weighted by molar-refractivity contribution is -0.385. The summed E-state index contributed by atoms with van der Waals surface area (Å²) in [5.41, 5.74) is 0.855. The van der Waals surface area contributed by atoms with Crippen molar-refractivity contribution in [1.29, 1.82) is 0 Å². The molecule has 1 aromatic carbocycles. The van der Waals surface area contributed by atoms with Crippen molar-refractivity contribution >= 4 is 23.3 Å². The van der Waals surface area contributed by atoms with Crippen LogP contribution in [0.25, 0.3) is 0 Å². The summed E-state index contributed by atoms with van der Waals surface area (Å²) in [6.45, 7) is 1.61. The normalized spacial score (nSPS) is 29.4. The van der Waals surface area contributed by atoms with E-state index in [4.69, 9.17) is 0 Å². The third-order valence-electron chi connectivity index (χ3n) is 5.11. The van der Waals surface area contributed by atoms with Crippen LogP contribution in [0.5, 0.6) is 0 Å². The minimum absolute atomic E-state index is 0.0107. The number of carbonyl (C=O) groups is 2. The molecule has 2 saturated heterocycles. The summed E-state index contributed by atoms with van der Waals surface area (Å²) < 4.78 is 0. The number of hydrogen-bond acceptors (Lipinski definition) is 4. The van der Waals surface area contributed by atoms with Gasteiger partial charge in [0.15, 0.2) is 0 Å². The van der Waals surface area contributed by atoms with Gasteiger partial charge in [-0.3, -0.25) is 14.9 Å². The predicted octanol–water partition coefficient (Wildman–Crippen LogP) is 2.22. The second-order valence-corrected chi connectivity index (χ2v) is 6.26. The van der Waals surface area contributed by atoms with Gasteiger partial charge in [0.05, 0.1) is 10.6 Å². The van der Waals surface area contributed by atoms with E-state index in [1.165, 1.54) is 23.1 Å². The summed E-state index contributed by atoms with van der Waals surface area (Å²) in [5, 5.41) is 10.9. The van der Waals surface area contributed by atoms with Gasteiger partial charge in [-0.05, 0) is 44.2 Å². The van der Waals surface area contributed by atoms with Gasteiger partial charge < -0.3 is 4.90 Å². The van der Waals surface area contributed by atoms with Crippen molar-refractivity contribution in [3.8, 4) is 0 Å². The lowest BCUT2D eigenvalue weighted by Gasteiger charge is -2.25.